The quantitative estimate of drug-likeness (QED) is 0.0572. The summed E-state index contributed by atoms with van der Waals surface area (Å²) in [6.07, 6.45) is 0. The highest BCUT2D eigenvalue weighted by molar-refractivity contribution is 8.01. The summed E-state index contributed by atoms with van der Waals surface area (Å²) in [4.78, 5) is 68.4. The third-order valence-corrected chi connectivity index (χ3v) is 9.11. The SMILES string of the molecule is CC[n+]1c(N)nc(N)nc1SCC1=C(C(=O)O)N2C(=O)C(NC(=O)/C(=N\OC(C)(C)C(=O)O)c3csc(N)n3)[C@H]2SC1. The first-order valence-corrected chi connectivity index (χ1v) is 15.0. The minimum Gasteiger partial charge on any atom is -0.478 e. The number of nitrogen functional groups attached to an aromatic ring is 3. The summed E-state index contributed by atoms with van der Waals surface area (Å²) in [5.41, 5.74) is 15.4. The van der Waals surface area contributed by atoms with Crippen LogP contribution in [0.1, 0.15) is 26.5 Å². The van der Waals surface area contributed by atoms with Crippen LogP contribution in [-0.2, 0) is 30.6 Å². The fraction of sp³-hybridized carbons (Fsp3) is 0.409. The number of thioether (sulfide) groups is 2. The van der Waals surface area contributed by atoms with Gasteiger partial charge < -0.3 is 37.6 Å². The minimum absolute atomic E-state index is 0.0110. The van der Waals surface area contributed by atoms with Gasteiger partial charge in [-0.25, -0.2) is 19.1 Å². The number of β-lactam (4-membered cyclic amide) rings is 1. The number of hydrogen-bond donors (Lipinski definition) is 6. The number of anilines is 3. The van der Waals surface area contributed by atoms with Crippen molar-refractivity contribution in [1.29, 1.82) is 0 Å². The number of nitrogens with two attached hydrogens (primary N) is 3. The number of nitrogens with one attached hydrogen (secondary N) is 1. The number of carbonyl (C=O) groups excluding carboxylic acids is 2. The molecule has 1 saturated heterocycles. The van der Waals surface area contributed by atoms with Crippen molar-refractivity contribution in [3.8, 4) is 0 Å². The number of carboxylic acids is 2. The highest BCUT2D eigenvalue weighted by atomic mass is 32.2. The third-order valence-electron chi connectivity index (χ3n) is 6.03. The summed E-state index contributed by atoms with van der Waals surface area (Å²) in [5.74, 6) is -3.60. The topological polar surface area (TPSA) is 266 Å². The van der Waals surface area contributed by atoms with Crippen molar-refractivity contribution in [2.45, 2.75) is 49.5 Å². The van der Waals surface area contributed by atoms with Crippen LogP contribution in [-0.4, -0.2) is 88.1 Å². The maximum absolute atomic E-state index is 13.2. The van der Waals surface area contributed by atoms with Crippen LogP contribution in [0.4, 0.5) is 17.0 Å². The average Bonchev–Trinajstić information content (AvgIpc) is 3.35. The average molecular weight is 640 g/mol. The van der Waals surface area contributed by atoms with Gasteiger partial charge in [-0.3, -0.25) is 14.5 Å². The summed E-state index contributed by atoms with van der Waals surface area (Å²) in [6, 6.07) is -1.09. The first-order chi connectivity index (χ1) is 19.7. The molecule has 2 aromatic heterocycles. The van der Waals surface area contributed by atoms with Crippen LogP contribution >= 0.6 is 34.9 Å². The Morgan fingerprint density at radius 1 is 1.26 bits per heavy atom. The molecule has 42 heavy (non-hydrogen) atoms. The molecule has 20 heteroatoms. The van der Waals surface area contributed by atoms with Crippen molar-refractivity contribution in [3.63, 3.8) is 0 Å². The van der Waals surface area contributed by atoms with E-state index in [1.54, 1.807) is 4.57 Å². The lowest BCUT2D eigenvalue weighted by atomic mass is 10.0. The number of aliphatic carboxylic acids is 2. The molecule has 2 aliphatic rings. The molecule has 9 N–H and O–H groups in total. The fourth-order valence-electron chi connectivity index (χ4n) is 3.82. The zero-order chi connectivity index (χ0) is 30.9. The molecule has 4 heterocycles. The minimum atomic E-state index is -1.77. The summed E-state index contributed by atoms with van der Waals surface area (Å²) >= 11 is 3.48. The van der Waals surface area contributed by atoms with Crippen molar-refractivity contribution in [2.24, 2.45) is 5.16 Å². The summed E-state index contributed by atoms with van der Waals surface area (Å²) in [7, 11) is 0. The molecule has 2 aromatic rings. The lowest BCUT2D eigenvalue weighted by Crippen LogP contribution is -2.71. The molecule has 1 fully saturated rings. The van der Waals surface area contributed by atoms with Crippen molar-refractivity contribution in [2.75, 3.05) is 28.7 Å². The number of oxime groups is 1. The summed E-state index contributed by atoms with van der Waals surface area (Å²) < 4.78 is 1.62. The third kappa shape index (κ3) is 6.04. The summed E-state index contributed by atoms with van der Waals surface area (Å²) in [6.45, 7) is 4.78. The van der Waals surface area contributed by atoms with Crippen LogP contribution in [0.2, 0.25) is 0 Å². The van der Waals surface area contributed by atoms with E-state index in [9.17, 15) is 29.4 Å². The van der Waals surface area contributed by atoms with Crippen molar-refractivity contribution >= 4 is 81.4 Å². The Morgan fingerprint density at radius 3 is 2.57 bits per heavy atom. The molecule has 224 valence electrons. The van der Waals surface area contributed by atoms with E-state index in [0.717, 1.165) is 16.2 Å². The number of carbonyl (C=O) groups is 4. The van der Waals surface area contributed by atoms with Crippen molar-refractivity contribution in [3.05, 3.63) is 22.3 Å². The molecule has 1 unspecified atom stereocenters. The molecule has 2 atom stereocenters. The normalized spacial score (nSPS) is 18.8. The maximum atomic E-state index is 13.2. The van der Waals surface area contributed by atoms with Gasteiger partial charge in [0, 0.05) is 16.9 Å². The van der Waals surface area contributed by atoms with Gasteiger partial charge in [0.05, 0.1) is 6.54 Å². The predicted molar refractivity (Wildman–Crippen MR) is 153 cm³/mol. The predicted octanol–water partition coefficient (Wildman–Crippen LogP) is -0.898. The number of fused-ring (bicyclic) bond motifs is 1. The molecule has 0 saturated carbocycles. The first-order valence-electron chi connectivity index (χ1n) is 12.1. The van der Waals surface area contributed by atoms with Crippen LogP contribution in [0.5, 0.6) is 0 Å². The Balaban J connectivity index is 1.54. The van der Waals surface area contributed by atoms with Crippen LogP contribution < -0.4 is 27.1 Å². The largest absolute Gasteiger partial charge is 0.478 e. The highest BCUT2D eigenvalue weighted by Crippen LogP contribution is 2.41. The molecular formula is C22H27N10O7S3+. The monoisotopic (exact) mass is 639 g/mol. The van der Waals surface area contributed by atoms with E-state index in [4.69, 9.17) is 22.0 Å². The second-order valence-corrected chi connectivity index (χ2v) is 12.2. The standard InChI is InChI=1S/C22H26N10O7S3/c1-4-31-19(24)28-18(23)29-21(31)42-6-8-5-40-15-11(14(34)32(15)12(8)16(35)36)27-13(33)10(9-7-41-20(25)26-9)30-39-22(2,3)17(37)38/h7,11,15H,4-6H2,1-3H3,(H8,23,24,25,26,27,28,33,35,36,37,38)/p+1/b30-10-/t11?,15-/m1/s1. The van der Waals surface area contributed by atoms with Crippen molar-refractivity contribution in [1.82, 2.24) is 25.2 Å². The first kappa shape index (κ1) is 30.8. The number of hydrogen-bond acceptors (Lipinski definition) is 15. The second kappa shape index (κ2) is 12.0. The van der Waals surface area contributed by atoms with Gasteiger partial charge in [-0.1, -0.05) is 26.9 Å². The molecule has 4 rings (SSSR count). The number of amides is 2. The van der Waals surface area contributed by atoms with E-state index in [1.807, 2.05) is 6.92 Å². The Labute approximate surface area is 250 Å². The molecule has 0 spiro atoms. The van der Waals surface area contributed by atoms with E-state index in [0.29, 0.717) is 17.3 Å². The molecule has 0 aromatic carbocycles. The summed E-state index contributed by atoms with van der Waals surface area (Å²) in [5, 5.41) is 26.8. The van der Waals surface area contributed by atoms with Crippen molar-refractivity contribution < 1.29 is 38.8 Å². The van der Waals surface area contributed by atoms with E-state index >= 15 is 0 Å². The molecule has 0 bridgehead atoms. The Morgan fingerprint density at radius 2 is 1.98 bits per heavy atom. The lowest BCUT2D eigenvalue weighted by Gasteiger charge is -2.49. The second-order valence-electron chi connectivity index (χ2n) is 9.29. The van der Waals surface area contributed by atoms with Crippen LogP contribution in [0.15, 0.2) is 27.0 Å². The van der Waals surface area contributed by atoms with E-state index < -0.39 is 46.5 Å². The molecule has 2 amide bonds. The molecule has 0 radical (unpaired) electrons. The molecular weight excluding hydrogens is 613 g/mol. The van der Waals surface area contributed by atoms with Gasteiger partial charge in [0.25, 0.3) is 17.0 Å². The lowest BCUT2D eigenvalue weighted by molar-refractivity contribution is -0.722. The Bertz CT molecular complexity index is 1530. The van der Waals surface area contributed by atoms with Gasteiger partial charge >= 0.3 is 23.8 Å². The molecule has 17 nitrogen and oxygen atoms in total. The van der Waals surface area contributed by atoms with Gasteiger partial charge in [0.1, 0.15) is 22.8 Å². The number of carboxylic acid groups (broad SMARTS) is 2. The molecule has 2 aliphatic heterocycles. The molecule has 0 aliphatic carbocycles. The van der Waals surface area contributed by atoms with Gasteiger partial charge in [-0.05, 0) is 26.3 Å². The number of nitrogens with zero attached hydrogens (tertiary/aromatic N) is 6. The maximum Gasteiger partial charge on any atom is 0.352 e. The van der Waals surface area contributed by atoms with E-state index in [-0.39, 0.29) is 39.9 Å². The number of rotatable bonds is 11. The number of aromatic nitrogens is 4. The van der Waals surface area contributed by atoms with Crippen LogP contribution in [0, 0.1) is 0 Å². The van der Waals surface area contributed by atoms with Crippen LogP contribution in [0.25, 0.3) is 0 Å². The van der Waals surface area contributed by atoms with E-state index in [1.165, 1.54) is 42.8 Å². The van der Waals surface area contributed by atoms with Gasteiger partial charge in [0.2, 0.25) is 5.60 Å². The van der Waals surface area contributed by atoms with Crippen LogP contribution in [0.3, 0.4) is 0 Å². The zero-order valence-electron chi connectivity index (χ0n) is 22.4. The van der Waals surface area contributed by atoms with Gasteiger partial charge in [-0.15, -0.1) is 23.1 Å². The fourth-order valence-corrected chi connectivity index (χ4v) is 6.92. The number of thiazole rings is 1. The Kier molecular flexibility index (Phi) is 8.78. The smallest absolute Gasteiger partial charge is 0.352 e. The van der Waals surface area contributed by atoms with Gasteiger partial charge in [0.15, 0.2) is 10.8 Å². The zero-order valence-corrected chi connectivity index (χ0v) is 24.9. The van der Waals surface area contributed by atoms with E-state index in [2.05, 4.69) is 25.4 Å². The highest BCUT2D eigenvalue weighted by Gasteiger charge is 2.54. The Hall–Kier alpha value is -4.17. The van der Waals surface area contributed by atoms with Gasteiger partial charge in [-0.2, -0.15) is 0 Å².